The van der Waals surface area contributed by atoms with Crippen molar-refractivity contribution < 1.29 is 4.74 Å². The number of nitrogens with two attached hydrogens (primary N) is 1. The molecule has 0 amide bonds. The van der Waals surface area contributed by atoms with Crippen LogP contribution < -0.4 is 10.6 Å². The Bertz CT molecular complexity index is 386. The second kappa shape index (κ2) is 5.72. The van der Waals surface area contributed by atoms with E-state index in [9.17, 15) is 0 Å². The molecule has 3 heteroatoms. The van der Waals surface area contributed by atoms with Gasteiger partial charge in [0, 0.05) is 32.0 Å². The Kier molecular flexibility index (Phi) is 4.25. The standard InChI is InChI=1S/C15H24N2O/c1-3-17(14-6-4-5-13(2)11-14)15(12-16)7-9-18-10-8-15/h4-6,11H,3,7-10,12,16H2,1-2H3. The largest absolute Gasteiger partial charge is 0.381 e. The van der Waals surface area contributed by atoms with Crippen molar-refractivity contribution >= 4 is 5.69 Å². The second-order valence-corrected chi connectivity index (χ2v) is 5.12. The molecule has 0 saturated carbocycles. The van der Waals surface area contributed by atoms with Gasteiger partial charge in [0.25, 0.3) is 0 Å². The number of aryl methyl sites for hydroxylation is 1. The van der Waals surface area contributed by atoms with Crippen LogP contribution in [-0.2, 0) is 4.74 Å². The molecule has 100 valence electrons. The first kappa shape index (κ1) is 13.4. The van der Waals surface area contributed by atoms with Crippen LogP contribution in [0.25, 0.3) is 0 Å². The van der Waals surface area contributed by atoms with E-state index in [-0.39, 0.29) is 5.54 Å². The van der Waals surface area contributed by atoms with Crippen molar-refractivity contribution in [3.63, 3.8) is 0 Å². The van der Waals surface area contributed by atoms with Gasteiger partial charge in [0.15, 0.2) is 0 Å². The zero-order chi connectivity index (χ0) is 13.0. The van der Waals surface area contributed by atoms with E-state index in [1.165, 1.54) is 11.3 Å². The number of hydrogen-bond donors (Lipinski definition) is 1. The topological polar surface area (TPSA) is 38.5 Å². The summed E-state index contributed by atoms with van der Waals surface area (Å²) >= 11 is 0. The number of likely N-dealkylation sites (N-methyl/N-ethyl adjacent to an activating group) is 1. The smallest absolute Gasteiger partial charge is 0.0567 e. The van der Waals surface area contributed by atoms with E-state index in [1.54, 1.807) is 0 Å². The maximum atomic E-state index is 6.09. The zero-order valence-corrected chi connectivity index (χ0v) is 11.5. The lowest BCUT2D eigenvalue weighted by Gasteiger charge is -2.47. The normalized spacial score (nSPS) is 18.6. The molecule has 1 aromatic carbocycles. The van der Waals surface area contributed by atoms with Gasteiger partial charge in [-0.2, -0.15) is 0 Å². The molecular weight excluding hydrogens is 224 g/mol. The van der Waals surface area contributed by atoms with Crippen LogP contribution in [0.3, 0.4) is 0 Å². The van der Waals surface area contributed by atoms with Crippen molar-refractivity contribution in [3.8, 4) is 0 Å². The summed E-state index contributed by atoms with van der Waals surface area (Å²) in [6, 6.07) is 8.69. The molecule has 0 spiro atoms. The van der Waals surface area contributed by atoms with Gasteiger partial charge in [-0.3, -0.25) is 0 Å². The molecule has 0 radical (unpaired) electrons. The Morgan fingerprint density at radius 2 is 2.06 bits per heavy atom. The van der Waals surface area contributed by atoms with Crippen LogP contribution in [0, 0.1) is 6.92 Å². The Morgan fingerprint density at radius 1 is 1.33 bits per heavy atom. The van der Waals surface area contributed by atoms with Crippen LogP contribution in [-0.4, -0.2) is 31.8 Å². The molecular formula is C15H24N2O. The molecule has 1 fully saturated rings. The van der Waals surface area contributed by atoms with Crippen molar-refractivity contribution in [2.45, 2.75) is 32.2 Å². The number of anilines is 1. The number of rotatable bonds is 4. The fourth-order valence-corrected chi connectivity index (χ4v) is 2.92. The highest BCUT2D eigenvalue weighted by Gasteiger charge is 2.36. The molecule has 1 heterocycles. The van der Waals surface area contributed by atoms with Gasteiger partial charge in [0.05, 0.1) is 5.54 Å². The number of benzene rings is 1. The first-order chi connectivity index (χ1) is 8.72. The molecule has 1 aliphatic rings. The number of ether oxygens (including phenoxy) is 1. The predicted octanol–water partition coefficient (Wildman–Crippen LogP) is 2.33. The van der Waals surface area contributed by atoms with Crippen LogP contribution >= 0.6 is 0 Å². The molecule has 1 aromatic rings. The maximum absolute atomic E-state index is 6.09. The lowest BCUT2D eigenvalue weighted by Crippen LogP contribution is -2.57. The van der Waals surface area contributed by atoms with Crippen LogP contribution in [0.15, 0.2) is 24.3 Å². The maximum Gasteiger partial charge on any atom is 0.0567 e. The van der Waals surface area contributed by atoms with E-state index >= 15 is 0 Å². The molecule has 1 aliphatic heterocycles. The van der Waals surface area contributed by atoms with Crippen LogP contribution in [0.5, 0.6) is 0 Å². The third-order valence-electron chi connectivity index (χ3n) is 4.01. The predicted molar refractivity (Wildman–Crippen MR) is 76.0 cm³/mol. The van der Waals surface area contributed by atoms with Gasteiger partial charge in [-0.1, -0.05) is 12.1 Å². The fraction of sp³-hybridized carbons (Fsp3) is 0.600. The molecule has 0 aliphatic carbocycles. The lowest BCUT2D eigenvalue weighted by molar-refractivity contribution is 0.0528. The van der Waals surface area contributed by atoms with Crippen molar-refractivity contribution in [2.75, 3.05) is 31.2 Å². The minimum Gasteiger partial charge on any atom is -0.381 e. The summed E-state index contributed by atoms with van der Waals surface area (Å²) in [5.41, 5.74) is 8.74. The molecule has 0 atom stereocenters. The summed E-state index contributed by atoms with van der Waals surface area (Å²) in [4.78, 5) is 2.46. The van der Waals surface area contributed by atoms with Gasteiger partial charge in [-0.15, -0.1) is 0 Å². The molecule has 0 unspecified atom stereocenters. The Hall–Kier alpha value is -1.06. The van der Waals surface area contributed by atoms with Crippen LogP contribution in [0.2, 0.25) is 0 Å². The lowest BCUT2D eigenvalue weighted by atomic mass is 9.87. The highest BCUT2D eigenvalue weighted by atomic mass is 16.5. The summed E-state index contributed by atoms with van der Waals surface area (Å²) in [6.45, 7) is 7.66. The van der Waals surface area contributed by atoms with E-state index in [4.69, 9.17) is 10.5 Å². The molecule has 2 N–H and O–H groups in total. The Morgan fingerprint density at radius 3 is 2.61 bits per heavy atom. The average Bonchev–Trinajstić information content (AvgIpc) is 2.41. The molecule has 0 bridgehead atoms. The summed E-state index contributed by atoms with van der Waals surface area (Å²) < 4.78 is 5.50. The van der Waals surface area contributed by atoms with Gasteiger partial charge in [-0.05, 0) is 44.4 Å². The van der Waals surface area contributed by atoms with E-state index in [0.29, 0.717) is 6.54 Å². The third kappa shape index (κ3) is 2.52. The van der Waals surface area contributed by atoms with E-state index in [0.717, 1.165) is 32.6 Å². The highest BCUT2D eigenvalue weighted by Crippen LogP contribution is 2.32. The van der Waals surface area contributed by atoms with Gasteiger partial charge >= 0.3 is 0 Å². The molecule has 18 heavy (non-hydrogen) atoms. The molecule has 1 saturated heterocycles. The van der Waals surface area contributed by atoms with Crippen LogP contribution in [0.4, 0.5) is 5.69 Å². The quantitative estimate of drug-likeness (QED) is 0.888. The van der Waals surface area contributed by atoms with Gasteiger partial charge in [0.1, 0.15) is 0 Å². The van der Waals surface area contributed by atoms with Crippen molar-refractivity contribution in [1.29, 1.82) is 0 Å². The van der Waals surface area contributed by atoms with Gasteiger partial charge in [-0.25, -0.2) is 0 Å². The summed E-state index contributed by atoms with van der Waals surface area (Å²) in [5, 5.41) is 0. The van der Waals surface area contributed by atoms with E-state index < -0.39 is 0 Å². The zero-order valence-electron chi connectivity index (χ0n) is 11.5. The molecule has 3 nitrogen and oxygen atoms in total. The first-order valence-electron chi connectivity index (χ1n) is 6.84. The molecule has 2 rings (SSSR count). The monoisotopic (exact) mass is 248 g/mol. The summed E-state index contributed by atoms with van der Waals surface area (Å²) in [7, 11) is 0. The first-order valence-corrected chi connectivity index (χ1v) is 6.84. The average molecular weight is 248 g/mol. The van der Waals surface area contributed by atoms with E-state index in [1.807, 2.05) is 0 Å². The van der Waals surface area contributed by atoms with Crippen molar-refractivity contribution in [1.82, 2.24) is 0 Å². The third-order valence-corrected chi connectivity index (χ3v) is 4.01. The van der Waals surface area contributed by atoms with Crippen molar-refractivity contribution in [2.24, 2.45) is 5.73 Å². The fourth-order valence-electron chi connectivity index (χ4n) is 2.92. The highest BCUT2D eigenvalue weighted by molar-refractivity contribution is 5.51. The summed E-state index contributed by atoms with van der Waals surface area (Å²) in [5.74, 6) is 0. The SMILES string of the molecule is CCN(c1cccc(C)c1)C1(CN)CCOCC1. The van der Waals surface area contributed by atoms with Crippen molar-refractivity contribution in [3.05, 3.63) is 29.8 Å². The summed E-state index contributed by atoms with van der Waals surface area (Å²) in [6.07, 6.45) is 2.04. The van der Waals surface area contributed by atoms with Crippen LogP contribution in [0.1, 0.15) is 25.3 Å². The number of nitrogens with zero attached hydrogens (tertiary/aromatic N) is 1. The molecule has 0 aromatic heterocycles. The van der Waals surface area contributed by atoms with Gasteiger partial charge in [0.2, 0.25) is 0 Å². The van der Waals surface area contributed by atoms with Gasteiger partial charge < -0.3 is 15.4 Å². The Labute approximate surface area is 110 Å². The number of hydrogen-bond acceptors (Lipinski definition) is 3. The Balaban J connectivity index is 2.31. The second-order valence-electron chi connectivity index (χ2n) is 5.12. The minimum absolute atomic E-state index is 0.0702. The minimum atomic E-state index is 0.0702. The van der Waals surface area contributed by atoms with E-state index in [2.05, 4.69) is 43.0 Å².